The summed E-state index contributed by atoms with van der Waals surface area (Å²) in [6.45, 7) is 3.86. The molecule has 0 unspecified atom stereocenters. The lowest BCUT2D eigenvalue weighted by molar-refractivity contribution is -0.114. The maximum atomic E-state index is 13.0. The van der Waals surface area contributed by atoms with E-state index >= 15 is 0 Å². The summed E-state index contributed by atoms with van der Waals surface area (Å²) >= 11 is 0. The van der Waals surface area contributed by atoms with Crippen LogP contribution in [0.3, 0.4) is 0 Å². The SMILES string of the molecule is Cc1cc(C)cc(NC(=O)CNc2ccc(F)c(F)c2)c1. The van der Waals surface area contributed by atoms with Gasteiger partial charge in [-0.15, -0.1) is 0 Å². The van der Waals surface area contributed by atoms with Crippen LogP contribution in [0.1, 0.15) is 11.1 Å². The molecular weight excluding hydrogens is 274 g/mol. The van der Waals surface area contributed by atoms with Crippen LogP contribution in [0.15, 0.2) is 36.4 Å². The first kappa shape index (κ1) is 15.0. The molecule has 0 aliphatic heterocycles. The van der Waals surface area contributed by atoms with E-state index in [0.29, 0.717) is 11.4 Å². The Kier molecular flexibility index (Phi) is 4.52. The van der Waals surface area contributed by atoms with Crippen LogP contribution in [0.4, 0.5) is 20.2 Å². The second-order valence-electron chi connectivity index (χ2n) is 4.91. The fourth-order valence-corrected chi connectivity index (χ4v) is 2.04. The van der Waals surface area contributed by atoms with Crippen LogP contribution in [0.5, 0.6) is 0 Å². The number of benzene rings is 2. The maximum absolute atomic E-state index is 13.0. The molecule has 21 heavy (non-hydrogen) atoms. The molecule has 2 rings (SSSR count). The first-order chi connectivity index (χ1) is 9.94. The molecule has 0 aromatic heterocycles. The summed E-state index contributed by atoms with van der Waals surface area (Å²) in [6, 6.07) is 9.14. The number of nitrogens with one attached hydrogen (secondary N) is 2. The summed E-state index contributed by atoms with van der Waals surface area (Å²) in [4.78, 5) is 11.8. The van der Waals surface area contributed by atoms with Gasteiger partial charge in [-0.25, -0.2) is 8.78 Å². The van der Waals surface area contributed by atoms with Crippen LogP contribution >= 0.6 is 0 Å². The highest BCUT2D eigenvalue weighted by Gasteiger charge is 2.05. The summed E-state index contributed by atoms with van der Waals surface area (Å²) in [5, 5.41) is 5.49. The van der Waals surface area contributed by atoms with E-state index in [4.69, 9.17) is 0 Å². The van der Waals surface area contributed by atoms with Gasteiger partial charge in [0.05, 0.1) is 6.54 Å². The fourth-order valence-electron chi connectivity index (χ4n) is 2.04. The molecule has 0 heterocycles. The number of carbonyl (C=O) groups is 1. The third-order valence-electron chi connectivity index (χ3n) is 2.88. The van der Waals surface area contributed by atoms with E-state index in [-0.39, 0.29) is 12.5 Å². The highest BCUT2D eigenvalue weighted by Crippen LogP contribution is 2.15. The van der Waals surface area contributed by atoms with Crippen molar-refractivity contribution in [2.24, 2.45) is 0 Å². The Morgan fingerprint density at radius 1 is 0.952 bits per heavy atom. The van der Waals surface area contributed by atoms with Crippen molar-refractivity contribution >= 4 is 17.3 Å². The lowest BCUT2D eigenvalue weighted by atomic mass is 10.1. The third kappa shape index (κ3) is 4.27. The highest BCUT2D eigenvalue weighted by molar-refractivity contribution is 5.93. The minimum atomic E-state index is -0.949. The average Bonchev–Trinajstić information content (AvgIpc) is 2.39. The first-order valence-electron chi connectivity index (χ1n) is 6.51. The Labute approximate surface area is 122 Å². The van der Waals surface area contributed by atoms with Gasteiger partial charge in [0.2, 0.25) is 5.91 Å². The second kappa shape index (κ2) is 6.35. The molecular formula is C16H16F2N2O. The average molecular weight is 290 g/mol. The van der Waals surface area contributed by atoms with Crippen molar-refractivity contribution in [3.8, 4) is 0 Å². The van der Waals surface area contributed by atoms with Gasteiger partial charge in [0.15, 0.2) is 11.6 Å². The molecule has 0 saturated carbocycles. The van der Waals surface area contributed by atoms with E-state index in [1.807, 2.05) is 32.0 Å². The van der Waals surface area contributed by atoms with E-state index in [1.54, 1.807) is 0 Å². The fraction of sp³-hybridized carbons (Fsp3) is 0.188. The van der Waals surface area contributed by atoms with Crippen LogP contribution in [-0.2, 0) is 4.79 Å². The van der Waals surface area contributed by atoms with Crippen molar-refractivity contribution in [3.05, 3.63) is 59.2 Å². The number of carbonyl (C=O) groups excluding carboxylic acids is 1. The molecule has 2 aromatic carbocycles. The zero-order valence-electron chi connectivity index (χ0n) is 11.8. The number of hydrogen-bond acceptors (Lipinski definition) is 2. The van der Waals surface area contributed by atoms with E-state index < -0.39 is 11.6 Å². The number of rotatable bonds is 4. The molecule has 0 aliphatic rings. The largest absolute Gasteiger partial charge is 0.376 e. The van der Waals surface area contributed by atoms with Crippen LogP contribution in [0.2, 0.25) is 0 Å². The molecule has 0 aliphatic carbocycles. The standard InChI is InChI=1S/C16H16F2N2O/c1-10-5-11(2)7-13(6-10)20-16(21)9-19-12-3-4-14(17)15(18)8-12/h3-8,19H,9H2,1-2H3,(H,20,21). The third-order valence-corrected chi connectivity index (χ3v) is 2.88. The Bertz CT molecular complexity index is 651. The lowest BCUT2D eigenvalue weighted by Crippen LogP contribution is -2.21. The molecule has 0 fully saturated rings. The van der Waals surface area contributed by atoms with Crippen molar-refractivity contribution in [1.29, 1.82) is 0 Å². The highest BCUT2D eigenvalue weighted by atomic mass is 19.2. The van der Waals surface area contributed by atoms with Crippen molar-refractivity contribution in [1.82, 2.24) is 0 Å². The van der Waals surface area contributed by atoms with Gasteiger partial charge in [-0.05, 0) is 49.2 Å². The summed E-state index contributed by atoms with van der Waals surface area (Å²) in [7, 11) is 0. The van der Waals surface area contributed by atoms with Crippen molar-refractivity contribution in [2.45, 2.75) is 13.8 Å². The van der Waals surface area contributed by atoms with Gasteiger partial charge >= 0.3 is 0 Å². The Hall–Kier alpha value is -2.43. The summed E-state index contributed by atoms with van der Waals surface area (Å²) in [5.41, 5.74) is 3.17. The normalized spacial score (nSPS) is 10.3. The number of halogens is 2. The number of amides is 1. The van der Waals surface area contributed by atoms with Crippen molar-refractivity contribution in [3.63, 3.8) is 0 Å². The summed E-state index contributed by atoms with van der Waals surface area (Å²) in [5.74, 6) is -2.13. The Morgan fingerprint density at radius 2 is 1.62 bits per heavy atom. The van der Waals surface area contributed by atoms with Crippen LogP contribution in [0, 0.1) is 25.5 Å². The predicted octanol–water partition coefficient (Wildman–Crippen LogP) is 3.63. The first-order valence-corrected chi connectivity index (χ1v) is 6.51. The van der Waals surface area contributed by atoms with E-state index in [2.05, 4.69) is 10.6 Å². The minimum absolute atomic E-state index is 0.0297. The summed E-state index contributed by atoms with van der Waals surface area (Å²) < 4.78 is 25.8. The van der Waals surface area contributed by atoms with Gasteiger partial charge in [-0.3, -0.25) is 4.79 Å². The number of aryl methyl sites for hydroxylation is 2. The predicted molar refractivity (Wildman–Crippen MR) is 79.4 cm³/mol. The molecule has 2 N–H and O–H groups in total. The Balaban J connectivity index is 1.94. The van der Waals surface area contributed by atoms with E-state index in [1.165, 1.54) is 6.07 Å². The molecule has 2 aromatic rings. The maximum Gasteiger partial charge on any atom is 0.243 e. The number of anilines is 2. The van der Waals surface area contributed by atoms with Crippen LogP contribution in [-0.4, -0.2) is 12.5 Å². The van der Waals surface area contributed by atoms with Crippen LogP contribution in [0.25, 0.3) is 0 Å². The van der Waals surface area contributed by atoms with Crippen molar-refractivity contribution in [2.75, 3.05) is 17.2 Å². The zero-order chi connectivity index (χ0) is 15.4. The number of hydrogen-bond donors (Lipinski definition) is 2. The molecule has 0 radical (unpaired) electrons. The van der Waals surface area contributed by atoms with E-state index in [0.717, 1.165) is 23.3 Å². The van der Waals surface area contributed by atoms with Gasteiger partial charge in [0.1, 0.15) is 0 Å². The quantitative estimate of drug-likeness (QED) is 0.902. The summed E-state index contributed by atoms with van der Waals surface area (Å²) in [6.07, 6.45) is 0. The molecule has 110 valence electrons. The molecule has 1 amide bonds. The van der Waals surface area contributed by atoms with Gasteiger partial charge in [-0.2, -0.15) is 0 Å². The molecule has 0 bridgehead atoms. The topological polar surface area (TPSA) is 41.1 Å². The minimum Gasteiger partial charge on any atom is -0.376 e. The molecule has 5 heteroatoms. The van der Waals surface area contributed by atoms with Gasteiger partial charge in [0.25, 0.3) is 0 Å². The van der Waals surface area contributed by atoms with Gasteiger partial charge < -0.3 is 10.6 Å². The lowest BCUT2D eigenvalue weighted by Gasteiger charge is -2.09. The van der Waals surface area contributed by atoms with Crippen LogP contribution < -0.4 is 10.6 Å². The van der Waals surface area contributed by atoms with E-state index in [9.17, 15) is 13.6 Å². The molecule has 0 spiro atoms. The second-order valence-corrected chi connectivity index (χ2v) is 4.91. The molecule has 0 saturated heterocycles. The monoisotopic (exact) mass is 290 g/mol. The molecule has 3 nitrogen and oxygen atoms in total. The Morgan fingerprint density at radius 3 is 2.24 bits per heavy atom. The van der Waals surface area contributed by atoms with Gasteiger partial charge in [-0.1, -0.05) is 6.07 Å². The molecule has 0 atom stereocenters. The van der Waals surface area contributed by atoms with Crippen molar-refractivity contribution < 1.29 is 13.6 Å². The smallest absolute Gasteiger partial charge is 0.243 e. The zero-order valence-corrected chi connectivity index (χ0v) is 11.8. The van der Waals surface area contributed by atoms with Gasteiger partial charge in [0, 0.05) is 17.4 Å².